The summed E-state index contributed by atoms with van der Waals surface area (Å²) in [6.07, 6.45) is 3.57. The van der Waals surface area contributed by atoms with E-state index in [0.717, 1.165) is 31.8 Å². The summed E-state index contributed by atoms with van der Waals surface area (Å²) in [5.41, 5.74) is -0.165. The number of piperazine rings is 1. The third kappa shape index (κ3) is 3.80. The number of nitrogens with zero attached hydrogens (tertiary/aromatic N) is 6. The molecule has 0 aromatic carbocycles. The van der Waals surface area contributed by atoms with E-state index in [1.54, 1.807) is 12.1 Å². The first-order valence-electron chi connectivity index (χ1n) is 9.27. The molecule has 0 saturated carbocycles. The average Bonchev–Trinajstić information content (AvgIpc) is 3.30. The quantitative estimate of drug-likeness (QED) is 0.814. The molecule has 0 unspecified atom stereocenters. The highest BCUT2D eigenvalue weighted by Gasteiger charge is 2.32. The van der Waals surface area contributed by atoms with Crippen LogP contribution in [0.1, 0.15) is 63.0 Å². The minimum absolute atomic E-state index is 0.0405. The molecule has 0 spiro atoms. The summed E-state index contributed by atoms with van der Waals surface area (Å²) in [7, 11) is 0. The SMILES string of the molecule is CCC[C@H](c1nnnn1C(C)(C)C)N1CCN(C(=O)c2ccco2)CC1. The van der Waals surface area contributed by atoms with Gasteiger partial charge in [0, 0.05) is 26.2 Å². The van der Waals surface area contributed by atoms with Crippen LogP contribution in [0.2, 0.25) is 0 Å². The molecule has 26 heavy (non-hydrogen) atoms. The van der Waals surface area contributed by atoms with Gasteiger partial charge in [0.1, 0.15) is 0 Å². The largest absolute Gasteiger partial charge is 0.459 e. The number of carbonyl (C=O) groups excluding carboxylic acids is 1. The van der Waals surface area contributed by atoms with Gasteiger partial charge in [-0.2, -0.15) is 0 Å². The fraction of sp³-hybridized carbons (Fsp3) is 0.667. The smallest absolute Gasteiger partial charge is 0.289 e. The molecule has 0 N–H and O–H groups in total. The molecule has 1 saturated heterocycles. The van der Waals surface area contributed by atoms with E-state index in [-0.39, 0.29) is 17.5 Å². The number of amides is 1. The molecule has 1 amide bonds. The number of rotatable bonds is 5. The van der Waals surface area contributed by atoms with Crippen LogP contribution < -0.4 is 0 Å². The lowest BCUT2D eigenvalue weighted by molar-refractivity contribution is 0.0509. The monoisotopic (exact) mass is 360 g/mol. The van der Waals surface area contributed by atoms with Crippen LogP contribution >= 0.6 is 0 Å². The second kappa shape index (κ2) is 7.57. The van der Waals surface area contributed by atoms with Gasteiger partial charge in [0.25, 0.3) is 5.91 Å². The highest BCUT2D eigenvalue weighted by atomic mass is 16.3. The van der Waals surface area contributed by atoms with Crippen LogP contribution in [0.4, 0.5) is 0 Å². The molecule has 142 valence electrons. The number of tetrazole rings is 1. The lowest BCUT2D eigenvalue weighted by Gasteiger charge is -2.39. The fourth-order valence-electron chi connectivity index (χ4n) is 3.42. The van der Waals surface area contributed by atoms with Crippen molar-refractivity contribution in [3.05, 3.63) is 30.0 Å². The van der Waals surface area contributed by atoms with E-state index in [1.807, 2.05) is 9.58 Å². The minimum Gasteiger partial charge on any atom is -0.459 e. The van der Waals surface area contributed by atoms with Crippen LogP contribution in [-0.4, -0.2) is 62.1 Å². The Labute approximate surface area is 154 Å². The Morgan fingerprint density at radius 3 is 2.58 bits per heavy atom. The van der Waals surface area contributed by atoms with Gasteiger partial charge in [0.05, 0.1) is 17.8 Å². The van der Waals surface area contributed by atoms with Crippen molar-refractivity contribution < 1.29 is 9.21 Å². The lowest BCUT2D eigenvalue weighted by atomic mass is 10.0. The number of aromatic nitrogens is 4. The zero-order chi connectivity index (χ0) is 18.7. The van der Waals surface area contributed by atoms with Crippen molar-refractivity contribution in [3.63, 3.8) is 0 Å². The second-order valence-electron chi connectivity index (χ2n) is 7.73. The van der Waals surface area contributed by atoms with Crippen molar-refractivity contribution in [2.75, 3.05) is 26.2 Å². The Kier molecular flexibility index (Phi) is 5.41. The second-order valence-corrected chi connectivity index (χ2v) is 7.73. The Hall–Kier alpha value is -2.22. The van der Waals surface area contributed by atoms with Gasteiger partial charge in [-0.3, -0.25) is 9.69 Å². The van der Waals surface area contributed by atoms with Crippen LogP contribution in [0.3, 0.4) is 0 Å². The maximum atomic E-state index is 12.5. The summed E-state index contributed by atoms with van der Waals surface area (Å²) < 4.78 is 7.16. The zero-order valence-corrected chi connectivity index (χ0v) is 16.1. The van der Waals surface area contributed by atoms with Crippen LogP contribution in [0.5, 0.6) is 0 Å². The maximum Gasteiger partial charge on any atom is 0.289 e. The molecular formula is C18H28N6O2. The molecular weight excluding hydrogens is 332 g/mol. The first kappa shape index (κ1) is 18.6. The summed E-state index contributed by atoms with van der Waals surface area (Å²) in [4.78, 5) is 16.7. The van der Waals surface area contributed by atoms with Crippen molar-refractivity contribution in [2.24, 2.45) is 0 Å². The van der Waals surface area contributed by atoms with Gasteiger partial charge in [-0.05, 0) is 49.8 Å². The van der Waals surface area contributed by atoms with Crippen molar-refractivity contribution >= 4 is 5.91 Å². The van der Waals surface area contributed by atoms with Crippen LogP contribution in [0.15, 0.2) is 22.8 Å². The Bertz CT molecular complexity index is 710. The van der Waals surface area contributed by atoms with E-state index in [9.17, 15) is 4.79 Å². The van der Waals surface area contributed by atoms with Gasteiger partial charge in [-0.15, -0.1) is 5.10 Å². The summed E-state index contributed by atoms with van der Waals surface area (Å²) in [5, 5.41) is 12.5. The van der Waals surface area contributed by atoms with E-state index < -0.39 is 0 Å². The van der Waals surface area contributed by atoms with Gasteiger partial charge >= 0.3 is 0 Å². The maximum absolute atomic E-state index is 12.5. The molecule has 2 aromatic heterocycles. The molecule has 3 rings (SSSR count). The van der Waals surface area contributed by atoms with Gasteiger partial charge in [-0.1, -0.05) is 13.3 Å². The summed E-state index contributed by atoms with van der Waals surface area (Å²) in [6.45, 7) is 11.5. The van der Waals surface area contributed by atoms with Gasteiger partial charge in [-0.25, -0.2) is 4.68 Å². The number of carbonyl (C=O) groups is 1. The normalized spacial score (nSPS) is 17.5. The van der Waals surface area contributed by atoms with Crippen molar-refractivity contribution in [2.45, 2.75) is 52.1 Å². The lowest BCUT2D eigenvalue weighted by Crippen LogP contribution is -2.50. The standard InChI is InChI=1S/C18H28N6O2/c1-5-7-14(16-19-20-21-24(16)18(2,3)4)22-9-11-23(12-10-22)17(25)15-8-6-13-26-15/h6,8,13-14H,5,7,9-12H2,1-4H3/t14-/m1/s1. The molecule has 1 fully saturated rings. The highest BCUT2D eigenvalue weighted by Crippen LogP contribution is 2.28. The Morgan fingerprint density at radius 1 is 1.27 bits per heavy atom. The molecule has 8 nitrogen and oxygen atoms in total. The molecule has 0 radical (unpaired) electrons. The number of furan rings is 1. The number of hydrogen-bond donors (Lipinski definition) is 0. The predicted octanol–water partition coefficient (Wildman–Crippen LogP) is 2.32. The third-order valence-corrected chi connectivity index (χ3v) is 4.76. The molecule has 2 aromatic rings. The molecule has 1 aliphatic rings. The Morgan fingerprint density at radius 2 is 2.00 bits per heavy atom. The van der Waals surface area contributed by atoms with Crippen molar-refractivity contribution in [1.29, 1.82) is 0 Å². The Balaban J connectivity index is 1.71. The van der Waals surface area contributed by atoms with Crippen molar-refractivity contribution in [3.8, 4) is 0 Å². The number of hydrogen-bond acceptors (Lipinski definition) is 6. The highest BCUT2D eigenvalue weighted by molar-refractivity contribution is 5.91. The van der Waals surface area contributed by atoms with Gasteiger partial charge in [0.2, 0.25) is 0 Å². The topological polar surface area (TPSA) is 80.3 Å². The van der Waals surface area contributed by atoms with Crippen LogP contribution in [0.25, 0.3) is 0 Å². The molecule has 0 bridgehead atoms. The van der Waals surface area contributed by atoms with E-state index in [0.29, 0.717) is 18.8 Å². The van der Waals surface area contributed by atoms with Gasteiger partial charge in [0.15, 0.2) is 11.6 Å². The third-order valence-electron chi connectivity index (χ3n) is 4.76. The molecule has 3 heterocycles. The molecule has 1 atom stereocenters. The van der Waals surface area contributed by atoms with Crippen LogP contribution in [0, 0.1) is 0 Å². The van der Waals surface area contributed by atoms with Gasteiger partial charge < -0.3 is 9.32 Å². The summed E-state index contributed by atoms with van der Waals surface area (Å²) >= 11 is 0. The average molecular weight is 360 g/mol. The van der Waals surface area contributed by atoms with E-state index >= 15 is 0 Å². The zero-order valence-electron chi connectivity index (χ0n) is 16.1. The first-order valence-corrected chi connectivity index (χ1v) is 9.27. The molecule has 1 aliphatic heterocycles. The summed E-state index contributed by atoms with van der Waals surface area (Å²) in [6, 6.07) is 3.62. The van der Waals surface area contributed by atoms with E-state index in [4.69, 9.17) is 4.42 Å². The molecule has 0 aliphatic carbocycles. The first-order chi connectivity index (χ1) is 12.4. The van der Waals surface area contributed by atoms with Crippen LogP contribution in [-0.2, 0) is 5.54 Å². The fourth-order valence-corrected chi connectivity index (χ4v) is 3.42. The van der Waals surface area contributed by atoms with E-state index in [1.165, 1.54) is 6.26 Å². The molecule has 8 heteroatoms. The predicted molar refractivity (Wildman–Crippen MR) is 96.6 cm³/mol. The summed E-state index contributed by atoms with van der Waals surface area (Å²) in [5.74, 6) is 1.27. The minimum atomic E-state index is -0.165. The van der Waals surface area contributed by atoms with E-state index in [2.05, 4.69) is 48.1 Å². The van der Waals surface area contributed by atoms with Crippen molar-refractivity contribution in [1.82, 2.24) is 30.0 Å².